The Hall–Kier alpha value is -3.60. The number of sulfonamides is 1. The molecule has 1 aliphatic heterocycles. The van der Waals surface area contributed by atoms with Gasteiger partial charge in [-0.05, 0) is 42.7 Å². The minimum absolute atomic E-state index is 0.0476. The van der Waals surface area contributed by atoms with Crippen molar-refractivity contribution < 1.29 is 18.1 Å². The number of nitro benzene ring substituents is 1. The minimum Gasteiger partial charge on any atom is -0.353 e. The Morgan fingerprint density at radius 2 is 1.85 bits per heavy atom. The van der Waals surface area contributed by atoms with Gasteiger partial charge in [-0.1, -0.05) is 31.4 Å². The van der Waals surface area contributed by atoms with Crippen molar-refractivity contribution in [3.05, 3.63) is 69.8 Å². The maximum Gasteiger partial charge on any atom is 0.285 e. The summed E-state index contributed by atoms with van der Waals surface area (Å²) in [5, 5.41) is 19.7. The van der Waals surface area contributed by atoms with Gasteiger partial charge >= 0.3 is 0 Å². The number of hydrogen-bond acceptors (Lipinski definition) is 7. The molecule has 11 heteroatoms. The maximum absolute atomic E-state index is 12.6. The Morgan fingerprint density at radius 3 is 2.56 bits per heavy atom. The minimum atomic E-state index is -3.86. The number of nitro groups is 1. The Kier molecular flexibility index (Phi) is 7.01. The molecule has 0 spiro atoms. The van der Waals surface area contributed by atoms with Crippen LogP contribution in [0.2, 0.25) is 0 Å². The van der Waals surface area contributed by atoms with Crippen LogP contribution in [0.15, 0.2) is 62.9 Å². The van der Waals surface area contributed by atoms with Crippen LogP contribution in [0, 0.1) is 10.1 Å². The molecule has 2 aromatic carbocycles. The quantitative estimate of drug-likeness (QED) is 0.365. The zero-order chi connectivity index (χ0) is 24.1. The highest BCUT2D eigenvalue weighted by molar-refractivity contribution is 7.90. The number of hydrogen-bond donors (Lipinski definition) is 1. The highest BCUT2D eigenvalue weighted by Gasteiger charge is 2.32. The van der Waals surface area contributed by atoms with Gasteiger partial charge in [-0.25, -0.2) is 5.01 Å². The second-order valence-electron chi connectivity index (χ2n) is 8.25. The largest absolute Gasteiger partial charge is 0.353 e. The lowest BCUT2D eigenvalue weighted by atomic mass is 9.95. The smallest absolute Gasteiger partial charge is 0.285 e. The predicted octanol–water partition coefficient (Wildman–Crippen LogP) is 3.22. The summed E-state index contributed by atoms with van der Waals surface area (Å²) < 4.78 is 29.0. The van der Waals surface area contributed by atoms with Crippen LogP contribution < -0.4 is 5.32 Å². The predicted molar refractivity (Wildman–Crippen MR) is 127 cm³/mol. The summed E-state index contributed by atoms with van der Waals surface area (Å²) >= 11 is 0. The number of amides is 1. The van der Waals surface area contributed by atoms with Crippen LogP contribution in [-0.4, -0.2) is 48.9 Å². The average Bonchev–Trinajstić information content (AvgIpc) is 3.11. The molecule has 4 rings (SSSR count). The van der Waals surface area contributed by atoms with Gasteiger partial charge in [0.25, 0.3) is 15.7 Å². The Morgan fingerprint density at radius 1 is 1.15 bits per heavy atom. The first-order valence-electron chi connectivity index (χ1n) is 11.1. The van der Waals surface area contributed by atoms with Gasteiger partial charge in [-0.2, -0.15) is 13.5 Å². The van der Waals surface area contributed by atoms with Gasteiger partial charge in [0.1, 0.15) is 4.90 Å². The number of nitrogens with zero attached hydrogens (tertiary/aromatic N) is 4. The second kappa shape index (κ2) is 10.1. The summed E-state index contributed by atoms with van der Waals surface area (Å²) in [4.78, 5) is 23.0. The van der Waals surface area contributed by atoms with E-state index in [0.29, 0.717) is 11.1 Å². The molecule has 10 nitrogen and oxygen atoms in total. The number of rotatable bonds is 7. The molecule has 1 N–H and O–H groups in total. The lowest BCUT2D eigenvalue weighted by molar-refractivity contribution is -0.384. The van der Waals surface area contributed by atoms with Crippen LogP contribution in [0.4, 0.5) is 5.69 Å². The average molecular weight is 484 g/mol. The maximum atomic E-state index is 12.6. The summed E-state index contributed by atoms with van der Waals surface area (Å²) in [6.45, 7) is 0.116. The number of carbonyl (C=O) groups is 1. The lowest BCUT2D eigenvalue weighted by Crippen LogP contribution is -2.38. The molecule has 0 atom stereocenters. The van der Waals surface area contributed by atoms with Crippen molar-refractivity contribution in [2.75, 3.05) is 6.54 Å². The molecule has 2 aliphatic rings. The van der Waals surface area contributed by atoms with E-state index in [1.807, 2.05) is 0 Å². The number of hydrazone groups is 1. The third kappa shape index (κ3) is 5.48. The first kappa shape index (κ1) is 23.6. The van der Waals surface area contributed by atoms with Gasteiger partial charge in [-0.3, -0.25) is 14.9 Å². The van der Waals surface area contributed by atoms with Crippen molar-refractivity contribution in [1.82, 2.24) is 10.3 Å². The van der Waals surface area contributed by atoms with E-state index in [1.165, 1.54) is 48.0 Å². The van der Waals surface area contributed by atoms with Crippen molar-refractivity contribution in [1.29, 1.82) is 0 Å². The number of fused-ring (bicyclic) bond motifs is 1. The molecule has 2 aromatic rings. The van der Waals surface area contributed by atoms with Gasteiger partial charge in [0, 0.05) is 30.2 Å². The van der Waals surface area contributed by atoms with Gasteiger partial charge in [0.05, 0.1) is 17.7 Å². The standard InChI is InChI=1S/C23H25N5O5S/c29-22(25-18-6-2-1-3-7-18)14-15-27(24-16-17-10-12-19(13-11-17)28(30)31)23-20-8-4-5-9-21(20)34(32,33)26-23/h4-5,8-13,16,18H,1-3,6-7,14-15H2,(H,25,29)/b24-16-. The summed E-state index contributed by atoms with van der Waals surface area (Å²) in [7, 11) is -3.86. The molecular formula is C23H25N5O5S. The zero-order valence-electron chi connectivity index (χ0n) is 18.5. The molecule has 0 radical (unpaired) electrons. The number of carbonyl (C=O) groups excluding carboxylic acids is 1. The number of benzene rings is 2. The highest BCUT2D eigenvalue weighted by atomic mass is 32.2. The normalized spacial score (nSPS) is 17.2. The molecule has 1 saturated carbocycles. The van der Waals surface area contributed by atoms with Crippen molar-refractivity contribution >= 4 is 33.7 Å². The van der Waals surface area contributed by atoms with Crippen molar-refractivity contribution in [2.45, 2.75) is 49.5 Å². The first-order valence-corrected chi connectivity index (χ1v) is 12.6. The molecule has 0 unspecified atom stereocenters. The van der Waals surface area contributed by atoms with E-state index in [2.05, 4.69) is 14.8 Å². The fraction of sp³-hybridized carbons (Fsp3) is 0.348. The topological polar surface area (TPSA) is 134 Å². The van der Waals surface area contributed by atoms with E-state index in [9.17, 15) is 23.3 Å². The molecule has 1 aliphatic carbocycles. The first-order chi connectivity index (χ1) is 16.3. The van der Waals surface area contributed by atoms with E-state index in [0.717, 1.165) is 25.7 Å². The number of non-ortho nitro benzene ring substituents is 1. The third-order valence-electron chi connectivity index (χ3n) is 5.83. The van der Waals surface area contributed by atoms with Crippen LogP contribution in [0.5, 0.6) is 0 Å². The molecule has 1 fully saturated rings. The number of amidine groups is 1. The second-order valence-corrected chi connectivity index (χ2v) is 9.83. The molecule has 0 aromatic heterocycles. The van der Waals surface area contributed by atoms with Crippen molar-refractivity contribution in [3.8, 4) is 0 Å². The SMILES string of the molecule is O=C(CCN(/N=C\c1ccc([N+](=O)[O-])cc1)C1=NS(=O)(=O)c2ccccc21)NC1CCCCC1. The highest BCUT2D eigenvalue weighted by Crippen LogP contribution is 2.28. The Bertz CT molecular complexity index is 1230. The van der Waals surface area contributed by atoms with Gasteiger partial charge in [0.15, 0.2) is 5.84 Å². The van der Waals surface area contributed by atoms with Crippen LogP contribution in [0.25, 0.3) is 0 Å². The summed E-state index contributed by atoms with van der Waals surface area (Å²) in [5.41, 5.74) is 0.946. The zero-order valence-corrected chi connectivity index (χ0v) is 19.3. The Labute approximate surface area is 197 Å². The summed E-state index contributed by atoms with van der Waals surface area (Å²) in [5.74, 6) is 0.0106. The molecule has 178 valence electrons. The molecule has 0 bridgehead atoms. The molecule has 34 heavy (non-hydrogen) atoms. The fourth-order valence-corrected chi connectivity index (χ4v) is 5.27. The molecule has 1 heterocycles. The van der Waals surface area contributed by atoms with Crippen LogP contribution in [0.3, 0.4) is 0 Å². The summed E-state index contributed by atoms with van der Waals surface area (Å²) in [6.07, 6.45) is 6.88. The van der Waals surface area contributed by atoms with E-state index in [4.69, 9.17) is 0 Å². The molecular weight excluding hydrogens is 458 g/mol. The monoisotopic (exact) mass is 483 g/mol. The van der Waals surface area contributed by atoms with E-state index in [1.54, 1.807) is 18.2 Å². The van der Waals surface area contributed by atoms with Crippen LogP contribution >= 0.6 is 0 Å². The Balaban J connectivity index is 1.55. The van der Waals surface area contributed by atoms with E-state index < -0.39 is 14.9 Å². The van der Waals surface area contributed by atoms with Gasteiger partial charge in [-0.15, -0.1) is 4.40 Å². The third-order valence-corrected chi connectivity index (χ3v) is 7.15. The van der Waals surface area contributed by atoms with Gasteiger partial charge < -0.3 is 5.32 Å². The van der Waals surface area contributed by atoms with Crippen LogP contribution in [-0.2, 0) is 14.8 Å². The van der Waals surface area contributed by atoms with Gasteiger partial charge in [0.2, 0.25) is 5.91 Å². The van der Waals surface area contributed by atoms with E-state index >= 15 is 0 Å². The fourth-order valence-electron chi connectivity index (χ4n) is 4.07. The summed E-state index contributed by atoms with van der Waals surface area (Å²) in [6, 6.07) is 12.4. The van der Waals surface area contributed by atoms with Crippen LogP contribution in [0.1, 0.15) is 49.7 Å². The molecule has 1 amide bonds. The lowest BCUT2D eigenvalue weighted by Gasteiger charge is -2.24. The molecule has 0 saturated heterocycles. The van der Waals surface area contributed by atoms with Crippen molar-refractivity contribution in [3.63, 3.8) is 0 Å². The number of nitrogens with one attached hydrogen (secondary N) is 1. The van der Waals surface area contributed by atoms with Crippen molar-refractivity contribution in [2.24, 2.45) is 9.50 Å². The van der Waals surface area contributed by atoms with E-state index in [-0.39, 0.29) is 41.3 Å².